The van der Waals surface area contributed by atoms with Crippen molar-refractivity contribution in [1.82, 2.24) is 0 Å². The van der Waals surface area contributed by atoms with Crippen LogP contribution in [0.15, 0.2) is 0 Å². The summed E-state index contributed by atoms with van der Waals surface area (Å²) in [5.41, 5.74) is 0. The minimum atomic E-state index is -4.35. The Morgan fingerprint density at radius 2 is 1.68 bits per heavy atom. The molecule has 0 fully saturated rings. The van der Waals surface area contributed by atoms with Gasteiger partial charge in [0.15, 0.2) is 14.1 Å². The minimum Gasteiger partial charge on any atom is -0.407 e. The van der Waals surface area contributed by atoms with Gasteiger partial charge in [-0.15, -0.1) is 0 Å². The van der Waals surface area contributed by atoms with E-state index in [0.717, 1.165) is 12.8 Å². The summed E-state index contributed by atoms with van der Waals surface area (Å²) in [6, 6.07) is 0. The maximum atomic E-state index is 12.2. The van der Waals surface area contributed by atoms with Crippen LogP contribution in [0.1, 0.15) is 53.9 Å². The van der Waals surface area contributed by atoms with Crippen molar-refractivity contribution in [1.29, 1.82) is 0 Å². The second kappa shape index (κ2) is 8.20. The molecule has 5 nitrogen and oxygen atoms in total. The summed E-state index contributed by atoms with van der Waals surface area (Å²) < 4.78 is 17.3. The molecule has 0 aromatic carbocycles. The third-order valence-electron chi connectivity index (χ3n) is 4.21. The molecule has 0 aliphatic rings. The molecule has 0 aliphatic carbocycles. The third kappa shape index (κ3) is 8.58. The minimum absolute atomic E-state index is 0.0499. The van der Waals surface area contributed by atoms with Gasteiger partial charge in [0.2, 0.25) is 0 Å². The summed E-state index contributed by atoms with van der Waals surface area (Å²) in [7, 11) is -6.50. The average molecular weight is 352 g/mol. The molecule has 7 heteroatoms. The van der Waals surface area contributed by atoms with Crippen molar-refractivity contribution in [3.05, 3.63) is 0 Å². The van der Waals surface area contributed by atoms with Gasteiger partial charge in [-0.3, -0.25) is 9.36 Å². The lowest BCUT2D eigenvalue weighted by Crippen LogP contribution is -2.46. The second-order valence-corrected chi connectivity index (χ2v) is 14.4. The number of hydrogen-bond acceptors (Lipinski definition) is 3. The zero-order valence-electron chi connectivity index (χ0n) is 15.0. The largest absolute Gasteiger partial charge is 0.407 e. The number of carbonyl (C=O) groups is 1. The third-order valence-corrected chi connectivity index (χ3v) is 9.42. The van der Waals surface area contributed by atoms with Gasteiger partial charge in [0.1, 0.15) is 12.3 Å². The second-order valence-electron chi connectivity index (χ2n) is 7.98. The summed E-state index contributed by atoms with van der Waals surface area (Å²) in [5.74, 6) is 0.0623. The summed E-state index contributed by atoms with van der Waals surface area (Å²) >= 11 is 0. The number of ketones is 1. The van der Waals surface area contributed by atoms with Crippen LogP contribution in [0.2, 0.25) is 18.1 Å². The van der Waals surface area contributed by atoms with E-state index in [1.165, 1.54) is 0 Å². The Bertz CT molecular complexity index is 409. The van der Waals surface area contributed by atoms with Crippen LogP contribution in [0.4, 0.5) is 0 Å². The van der Waals surface area contributed by atoms with Gasteiger partial charge in [-0.05, 0) is 30.5 Å². The van der Waals surface area contributed by atoms with Crippen molar-refractivity contribution in [3.8, 4) is 0 Å². The van der Waals surface area contributed by atoms with E-state index in [1.54, 1.807) is 0 Å². The van der Waals surface area contributed by atoms with Gasteiger partial charge in [0, 0.05) is 0 Å². The van der Waals surface area contributed by atoms with E-state index < -0.39 is 34.0 Å². The molecule has 132 valence electrons. The van der Waals surface area contributed by atoms with Gasteiger partial charge >= 0.3 is 7.60 Å². The molecule has 0 aromatic rings. The molecule has 0 spiro atoms. The Labute approximate surface area is 136 Å². The molecule has 2 N–H and O–H groups in total. The predicted molar refractivity (Wildman–Crippen MR) is 92.7 cm³/mol. The number of Topliss-reactive ketones (excluding diaryl/α,β-unsaturated/α-hetero) is 1. The van der Waals surface area contributed by atoms with Crippen molar-refractivity contribution in [2.45, 2.75) is 78.1 Å². The Balaban J connectivity index is 5.01. The van der Waals surface area contributed by atoms with Crippen LogP contribution in [0.3, 0.4) is 0 Å². The van der Waals surface area contributed by atoms with Crippen LogP contribution >= 0.6 is 7.60 Å². The SMILES string of the molecule is CC(C)CCCC(O[Si](C)(C)C(C)(C)C)C(=O)CP(=O)(O)O. The monoisotopic (exact) mass is 352 g/mol. The molecule has 0 amide bonds. The first kappa shape index (κ1) is 22.0. The van der Waals surface area contributed by atoms with Gasteiger partial charge < -0.3 is 14.2 Å². The first-order valence-corrected chi connectivity index (χ1v) is 12.6. The summed E-state index contributed by atoms with van der Waals surface area (Å²) in [4.78, 5) is 30.4. The first-order chi connectivity index (χ1) is 9.66. The van der Waals surface area contributed by atoms with Gasteiger partial charge in [-0.2, -0.15) is 0 Å². The lowest BCUT2D eigenvalue weighted by molar-refractivity contribution is -0.124. The number of hydrogen-bond donors (Lipinski definition) is 2. The van der Waals surface area contributed by atoms with Crippen LogP contribution in [-0.4, -0.2) is 36.2 Å². The molecule has 0 saturated heterocycles. The van der Waals surface area contributed by atoms with Crippen molar-refractivity contribution in [2.75, 3.05) is 6.16 Å². The molecule has 0 saturated carbocycles. The highest BCUT2D eigenvalue weighted by Gasteiger charge is 2.41. The molecule has 0 aromatic heterocycles. The van der Waals surface area contributed by atoms with Gasteiger partial charge in [-0.1, -0.05) is 47.5 Å². The zero-order valence-corrected chi connectivity index (χ0v) is 16.9. The average Bonchev–Trinajstić information content (AvgIpc) is 2.22. The van der Waals surface area contributed by atoms with Crippen LogP contribution in [0, 0.1) is 5.92 Å². The molecule has 0 heterocycles. The molecule has 0 rings (SSSR count). The summed E-state index contributed by atoms with van der Waals surface area (Å²) in [6.07, 6.45) is 0.898. The van der Waals surface area contributed by atoms with Crippen molar-refractivity contribution < 1.29 is 23.6 Å². The number of rotatable bonds is 9. The zero-order chi connectivity index (χ0) is 17.8. The quantitative estimate of drug-likeness (QED) is 0.485. The maximum absolute atomic E-state index is 12.2. The molecule has 0 aliphatic heterocycles. The van der Waals surface area contributed by atoms with E-state index in [-0.39, 0.29) is 5.04 Å². The fraction of sp³-hybridized carbons (Fsp3) is 0.933. The van der Waals surface area contributed by atoms with E-state index in [4.69, 9.17) is 14.2 Å². The van der Waals surface area contributed by atoms with Crippen molar-refractivity contribution >= 4 is 21.7 Å². The van der Waals surface area contributed by atoms with E-state index >= 15 is 0 Å². The molecule has 0 radical (unpaired) electrons. The summed E-state index contributed by atoms with van der Waals surface area (Å²) in [6.45, 7) is 14.6. The Morgan fingerprint density at radius 3 is 2.05 bits per heavy atom. The predicted octanol–water partition coefficient (Wildman–Crippen LogP) is 3.95. The van der Waals surface area contributed by atoms with Crippen molar-refractivity contribution in [3.63, 3.8) is 0 Å². The van der Waals surface area contributed by atoms with Crippen molar-refractivity contribution in [2.24, 2.45) is 5.92 Å². The van der Waals surface area contributed by atoms with Gasteiger partial charge in [0.05, 0.1) is 0 Å². The fourth-order valence-electron chi connectivity index (χ4n) is 1.83. The van der Waals surface area contributed by atoms with E-state index in [9.17, 15) is 9.36 Å². The molecular weight excluding hydrogens is 319 g/mol. The molecule has 0 bridgehead atoms. The fourth-order valence-corrected chi connectivity index (χ4v) is 3.76. The highest BCUT2D eigenvalue weighted by atomic mass is 31.2. The molecule has 22 heavy (non-hydrogen) atoms. The van der Waals surface area contributed by atoms with E-state index in [1.807, 2.05) is 13.1 Å². The normalized spacial score (nSPS) is 15.2. The van der Waals surface area contributed by atoms with Crippen LogP contribution in [0.5, 0.6) is 0 Å². The highest BCUT2D eigenvalue weighted by molar-refractivity contribution is 7.52. The molecule has 1 atom stereocenters. The Kier molecular flexibility index (Phi) is 8.20. The molecular formula is C15H33O5PSi. The highest BCUT2D eigenvalue weighted by Crippen LogP contribution is 2.39. The topological polar surface area (TPSA) is 83.8 Å². The van der Waals surface area contributed by atoms with E-state index in [0.29, 0.717) is 12.3 Å². The smallest absolute Gasteiger partial charge is 0.333 e. The molecule has 1 unspecified atom stereocenters. The van der Waals surface area contributed by atoms with Crippen LogP contribution < -0.4 is 0 Å². The number of carbonyl (C=O) groups excluding carboxylic acids is 1. The van der Waals surface area contributed by atoms with Crippen LogP contribution in [-0.2, 0) is 13.8 Å². The van der Waals surface area contributed by atoms with E-state index in [2.05, 4.69) is 34.6 Å². The standard InChI is InChI=1S/C15H33O5PSi/c1-12(2)9-8-10-14(13(16)11-21(17,18)19)20-22(6,7)15(3,4)5/h12,14H,8-11H2,1-7H3,(H2,17,18,19). The Morgan fingerprint density at radius 1 is 1.18 bits per heavy atom. The van der Waals surface area contributed by atoms with Gasteiger partial charge in [0.25, 0.3) is 0 Å². The summed E-state index contributed by atoms with van der Waals surface area (Å²) in [5, 5.41) is -0.0499. The van der Waals surface area contributed by atoms with Gasteiger partial charge in [-0.25, -0.2) is 0 Å². The lowest BCUT2D eigenvalue weighted by Gasteiger charge is -2.39. The first-order valence-electron chi connectivity index (χ1n) is 7.91. The maximum Gasteiger partial charge on any atom is 0.333 e. The van der Waals surface area contributed by atoms with Crippen LogP contribution in [0.25, 0.3) is 0 Å². The Hall–Kier alpha value is -0.00312. The lowest BCUT2D eigenvalue weighted by atomic mass is 10.0.